The minimum Gasteiger partial charge on any atom is -0.375 e. The van der Waals surface area contributed by atoms with Crippen LogP contribution in [0.5, 0.6) is 0 Å². The number of sulfonamides is 1. The Hall–Kier alpha value is -2.08. The molecule has 0 amide bonds. The zero-order chi connectivity index (χ0) is 23.3. The van der Waals surface area contributed by atoms with E-state index < -0.39 is 48.9 Å². The minimum atomic E-state index is -4.76. The minimum absolute atomic E-state index is 0.0467. The Morgan fingerprint density at radius 2 is 2.03 bits per heavy atom. The number of likely N-dealkylation sites (N-methyl/N-ethyl adjacent to an activating group) is 1. The van der Waals surface area contributed by atoms with Crippen LogP contribution in [0.1, 0.15) is 12.8 Å². The molecule has 32 heavy (non-hydrogen) atoms. The van der Waals surface area contributed by atoms with Gasteiger partial charge < -0.3 is 14.5 Å². The Morgan fingerprint density at radius 1 is 1.28 bits per heavy atom. The van der Waals surface area contributed by atoms with Crippen molar-refractivity contribution >= 4 is 33.1 Å². The summed E-state index contributed by atoms with van der Waals surface area (Å²) in [5, 5.41) is -0.521. The summed E-state index contributed by atoms with van der Waals surface area (Å²) in [6.45, 7) is 1.74. The first-order valence-corrected chi connectivity index (χ1v) is 11.8. The number of halogens is 4. The molecule has 0 unspecified atom stereocenters. The average molecular weight is 491 g/mol. The van der Waals surface area contributed by atoms with E-state index in [1.165, 1.54) is 6.07 Å². The van der Waals surface area contributed by atoms with Gasteiger partial charge in [-0.15, -0.1) is 0 Å². The molecule has 2 aromatic rings. The van der Waals surface area contributed by atoms with Gasteiger partial charge >= 0.3 is 0 Å². The summed E-state index contributed by atoms with van der Waals surface area (Å²) in [5.41, 5.74) is -0.469. The maximum Gasteiger partial charge on any atom is 0.268 e. The van der Waals surface area contributed by atoms with E-state index in [1.807, 2.05) is 11.8 Å². The number of likely N-dealkylation sites (tertiary alicyclic amines) is 1. The fourth-order valence-electron chi connectivity index (χ4n) is 4.46. The molecule has 7 nitrogen and oxygen atoms in total. The van der Waals surface area contributed by atoms with Gasteiger partial charge in [0.05, 0.1) is 5.69 Å². The van der Waals surface area contributed by atoms with Gasteiger partial charge in [0.25, 0.3) is 10.0 Å². The monoisotopic (exact) mass is 490 g/mol. The number of ether oxygens (including phenoxy) is 1. The third kappa shape index (κ3) is 3.91. The van der Waals surface area contributed by atoms with Crippen molar-refractivity contribution in [1.82, 2.24) is 9.88 Å². The molecule has 2 atom stereocenters. The summed E-state index contributed by atoms with van der Waals surface area (Å²) in [4.78, 5) is 5.95. The SMILES string of the molecule is CO[C@]1([C@@H]2CCN2C)CCN(c2cc(F)c(S(=O)(=O)Nc3cccc(F)n3)c(F)c2Cl)C1. The first-order valence-electron chi connectivity index (χ1n) is 9.91. The van der Waals surface area contributed by atoms with E-state index in [0.717, 1.165) is 31.2 Å². The Balaban J connectivity index is 1.65. The van der Waals surface area contributed by atoms with E-state index >= 15 is 4.39 Å². The fraction of sp³-hybridized carbons (Fsp3) is 0.450. The predicted molar refractivity (Wildman–Crippen MR) is 114 cm³/mol. The highest BCUT2D eigenvalue weighted by Crippen LogP contribution is 2.42. The van der Waals surface area contributed by atoms with Crippen LogP contribution in [-0.4, -0.2) is 63.7 Å². The molecule has 0 radical (unpaired) electrons. The van der Waals surface area contributed by atoms with Crippen LogP contribution in [0.15, 0.2) is 29.2 Å². The largest absolute Gasteiger partial charge is 0.375 e. The Morgan fingerprint density at radius 3 is 2.62 bits per heavy atom. The summed E-state index contributed by atoms with van der Waals surface area (Å²) in [5.74, 6) is -4.12. The lowest BCUT2D eigenvalue weighted by molar-refractivity contribution is -0.0937. The number of rotatable bonds is 6. The second-order valence-electron chi connectivity index (χ2n) is 8.01. The Bertz CT molecular complexity index is 1150. The van der Waals surface area contributed by atoms with E-state index in [-0.39, 0.29) is 11.7 Å². The number of aromatic nitrogens is 1. The maximum absolute atomic E-state index is 15.1. The molecule has 2 aliphatic rings. The molecule has 12 heteroatoms. The zero-order valence-electron chi connectivity index (χ0n) is 17.4. The number of nitrogens with zero attached hydrogens (tertiary/aromatic N) is 3. The molecule has 3 heterocycles. The van der Waals surface area contributed by atoms with Gasteiger partial charge in [-0.1, -0.05) is 17.7 Å². The van der Waals surface area contributed by atoms with Crippen molar-refractivity contribution in [3.63, 3.8) is 0 Å². The lowest BCUT2D eigenvalue weighted by Gasteiger charge is -2.48. The molecule has 2 fully saturated rings. The molecule has 174 valence electrons. The van der Waals surface area contributed by atoms with Gasteiger partial charge in [0.2, 0.25) is 5.95 Å². The first-order chi connectivity index (χ1) is 15.1. The molecule has 1 aromatic carbocycles. The third-order valence-electron chi connectivity index (χ3n) is 6.23. The van der Waals surface area contributed by atoms with Gasteiger partial charge in [0.1, 0.15) is 22.3 Å². The first kappa shape index (κ1) is 23.1. The van der Waals surface area contributed by atoms with Crippen molar-refractivity contribution in [2.45, 2.75) is 29.4 Å². The van der Waals surface area contributed by atoms with Crippen LogP contribution in [0, 0.1) is 17.6 Å². The van der Waals surface area contributed by atoms with Crippen LogP contribution in [0.2, 0.25) is 5.02 Å². The van der Waals surface area contributed by atoms with Crippen molar-refractivity contribution in [2.24, 2.45) is 0 Å². The number of anilines is 2. The van der Waals surface area contributed by atoms with Crippen molar-refractivity contribution < 1.29 is 26.3 Å². The fourth-order valence-corrected chi connectivity index (χ4v) is 5.93. The lowest BCUT2D eigenvalue weighted by Crippen LogP contribution is -2.61. The molecule has 2 aliphatic heterocycles. The number of hydrogen-bond acceptors (Lipinski definition) is 6. The topological polar surface area (TPSA) is 74.8 Å². The van der Waals surface area contributed by atoms with Gasteiger partial charge in [-0.25, -0.2) is 22.2 Å². The standard InChI is InChI=1S/C20H22ClF3N4O3S/c1-27-8-6-14(27)20(31-2)7-9-28(11-20)13-10-12(22)19(18(24)17(13)21)32(29,30)26-16-5-3-4-15(23)25-16/h3-5,10,14H,6-9,11H2,1-2H3,(H,25,26)/t14-,20+/m0/s1. The number of nitrogens with one attached hydrogen (secondary N) is 1. The van der Waals surface area contributed by atoms with E-state index in [4.69, 9.17) is 16.3 Å². The van der Waals surface area contributed by atoms with Crippen LogP contribution in [0.4, 0.5) is 24.7 Å². The maximum atomic E-state index is 15.1. The predicted octanol–water partition coefficient (Wildman–Crippen LogP) is 3.25. The van der Waals surface area contributed by atoms with Crippen LogP contribution in [0.3, 0.4) is 0 Å². The van der Waals surface area contributed by atoms with Gasteiger partial charge in [-0.2, -0.15) is 4.39 Å². The van der Waals surface area contributed by atoms with E-state index in [9.17, 15) is 17.2 Å². The summed E-state index contributed by atoms with van der Waals surface area (Å²) in [6.07, 6.45) is 1.58. The van der Waals surface area contributed by atoms with E-state index in [2.05, 4.69) is 9.88 Å². The zero-order valence-corrected chi connectivity index (χ0v) is 19.0. The summed E-state index contributed by atoms with van der Waals surface area (Å²) < 4.78 is 76.2. The highest BCUT2D eigenvalue weighted by atomic mass is 35.5. The van der Waals surface area contributed by atoms with Crippen molar-refractivity contribution in [2.75, 3.05) is 43.4 Å². The highest BCUT2D eigenvalue weighted by molar-refractivity contribution is 7.92. The number of benzene rings is 1. The van der Waals surface area contributed by atoms with Crippen LogP contribution < -0.4 is 9.62 Å². The summed E-state index contributed by atoms with van der Waals surface area (Å²) in [6, 6.07) is 4.43. The van der Waals surface area contributed by atoms with Crippen LogP contribution in [-0.2, 0) is 14.8 Å². The van der Waals surface area contributed by atoms with E-state index in [0.29, 0.717) is 19.5 Å². The molecule has 2 saturated heterocycles. The second kappa shape index (κ2) is 8.36. The molecular weight excluding hydrogens is 469 g/mol. The molecular formula is C20H22ClF3N4O3S. The summed E-state index contributed by atoms with van der Waals surface area (Å²) in [7, 11) is -1.16. The van der Waals surface area contributed by atoms with E-state index in [1.54, 1.807) is 12.0 Å². The highest BCUT2D eigenvalue weighted by Gasteiger charge is 2.50. The number of hydrogen-bond donors (Lipinski definition) is 1. The molecule has 1 N–H and O–H groups in total. The molecule has 4 rings (SSSR count). The molecule has 0 spiro atoms. The average Bonchev–Trinajstić information content (AvgIpc) is 3.13. The Kier molecular flexibility index (Phi) is 6.03. The van der Waals surface area contributed by atoms with Gasteiger partial charge in [-0.05, 0) is 38.6 Å². The second-order valence-corrected chi connectivity index (χ2v) is 10.0. The third-order valence-corrected chi connectivity index (χ3v) is 7.97. The normalized spacial score (nSPS) is 23.9. The molecule has 0 bridgehead atoms. The van der Waals surface area contributed by atoms with Gasteiger partial charge in [0, 0.05) is 32.3 Å². The quantitative estimate of drug-likeness (QED) is 0.495. The Labute approximate surface area is 189 Å². The van der Waals surface area contributed by atoms with Gasteiger partial charge in [0.15, 0.2) is 10.7 Å². The molecule has 1 aromatic heterocycles. The number of pyridine rings is 1. The number of methoxy groups -OCH3 is 1. The van der Waals surface area contributed by atoms with Crippen LogP contribution >= 0.6 is 11.6 Å². The van der Waals surface area contributed by atoms with Crippen LogP contribution in [0.25, 0.3) is 0 Å². The lowest BCUT2D eigenvalue weighted by atomic mass is 9.84. The molecule has 0 saturated carbocycles. The molecule has 0 aliphatic carbocycles. The van der Waals surface area contributed by atoms with Crippen molar-refractivity contribution in [3.8, 4) is 0 Å². The van der Waals surface area contributed by atoms with Crippen molar-refractivity contribution in [3.05, 3.63) is 46.9 Å². The summed E-state index contributed by atoms with van der Waals surface area (Å²) >= 11 is 6.17. The smallest absolute Gasteiger partial charge is 0.268 e. The van der Waals surface area contributed by atoms with Crippen molar-refractivity contribution in [1.29, 1.82) is 0 Å². The van der Waals surface area contributed by atoms with Gasteiger partial charge in [-0.3, -0.25) is 4.72 Å².